The van der Waals surface area contributed by atoms with Crippen LogP contribution in [0.4, 0.5) is 4.79 Å². The van der Waals surface area contributed by atoms with Gasteiger partial charge in [-0.3, -0.25) is 4.79 Å². The van der Waals surface area contributed by atoms with Crippen molar-refractivity contribution in [2.75, 3.05) is 19.7 Å². The lowest BCUT2D eigenvalue weighted by Gasteiger charge is -2.14. The second-order valence-corrected chi connectivity index (χ2v) is 8.24. The summed E-state index contributed by atoms with van der Waals surface area (Å²) in [7, 11) is 0. The molecule has 0 spiro atoms. The third kappa shape index (κ3) is 4.75. The minimum atomic E-state index is -1.49. The number of carbonyl (C=O) groups excluding carboxylic acids is 2. The molecule has 4 rings (SSSR count). The molecule has 2 aliphatic carbocycles. The van der Waals surface area contributed by atoms with E-state index in [2.05, 4.69) is 34.9 Å². The first-order chi connectivity index (χ1) is 15.5. The fraction of sp³-hybridized carbons (Fsp3) is 0.375. The molecule has 1 fully saturated rings. The zero-order valence-electron chi connectivity index (χ0n) is 17.5. The summed E-state index contributed by atoms with van der Waals surface area (Å²) in [6, 6.07) is 16.2. The van der Waals surface area contributed by atoms with Gasteiger partial charge in [0.05, 0.1) is 0 Å². The molecule has 0 saturated heterocycles. The van der Waals surface area contributed by atoms with Gasteiger partial charge in [-0.2, -0.15) is 0 Å². The number of hydrogen-bond donors (Lipinski definition) is 4. The SMILES string of the molecule is O=C(NC[C@@H]1C[C@@H]1C(=O)NCC[C@H](O)C(=O)O)OCC1c2ccccc2-c2ccccc21. The Morgan fingerprint density at radius 2 is 1.62 bits per heavy atom. The molecule has 2 amide bonds. The van der Waals surface area contributed by atoms with E-state index in [1.807, 2.05) is 24.3 Å². The van der Waals surface area contributed by atoms with Crippen LogP contribution in [0.5, 0.6) is 0 Å². The van der Waals surface area contributed by atoms with E-state index in [1.165, 1.54) is 11.1 Å². The van der Waals surface area contributed by atoms with Crippen LogP contribution in [0.2, 0.25) is 0 Å². The lowest BCUT2D eigenvalue weighted by Crippen LogP contribution is -2.32. The zero-order valence-corrected chi connectivity index (χ0v) is 17.5. The number of amides is 2. The maximum atomic E-state index is 12.2. The predicted octanol–water partition coefficient (Wildman–Crippen LogP) is 2.11. The number of aliphatic carboxylic acids is 1. The number of ether oxygens (including phenoxy) is 1. The number of benzene rings is 2. The summed E-state index contributed by atoms with van der Waals surface area (Å²) in [5.41, 5.74) is 4.63. The molecule has 0 heterocycles. The number of carbonyl (C=O) groups is 3. The number of rotatable bonds is 9. The van der Waals surface area contributed by atoms with Crippen LogP contribution in [0.1, 0.15) is 29.9 Å². The number of aliphatic hydroxyl groups excluding tert-OH is 1. The summed E-state index contributed by atoms with van der Waals surface area (Å²) in [6.07, 6.45) is -1.39. The van der Waals surface area contributed by atoms with Crippen molar-refractivity contribution in [1.29, 1.82) is 0 Å². The summed E-state index contributed by atoms with van der Waals surface area (Å²) in [4.78, 5) is 34.9. The molecule has 0 unspecified atom stereocenters. The largest absolute Gasteiger partial charge is 0.479 e. The highest BCUT2D eigenvalue weighted by Crippen LogP contribution is 2.44. The highest BCUT2D eigenvalue weighted by Gasteiger charge is 2.42. The highest BCUT2D eigenvalue weighted by atomic mass is 16.5. The van der Waals surface area contributed by atoms with E-state index >= 15 is 0 Å². The van der Waals surface area contributed by atoms with E-state index < -0.39 is 18.2 Å². The van der Waals surface area contributed by atoms with Crippen molar-refractivity contribution in [3.8, 4) is 11.1 Å². The fourth-order valence-corrected chi connectivity index (χ4v) is 4.24. The predicted molar refractivity (Wildman–Crippen MR) is 116 cm³/mol. The Hall–Kier alpha value is -3.39. The molecule has 8 nitrogen and oxygen atoms in total. The maximum Gasteiger partial charge on any atom is 0.407 e. The van der Waals surface area contributed by atoms with Crippen molar-refractivity contribution < 1.29 is 29.3 Å². The molecule has 3 atom stereocenters. The van der Waals surface area contributed by atoms with E-state index in [1.54, 1.807) is 0 Å². The number of alkyl carbamates (subject to hydrolysis) is 1. The van der Waals surface area contributed by atoms with Gasteiger partial charge in [0.25, 0.3) is 0 Å². The molecule has 4 N–H and O–H groups in total. The van der Waals surface area contributed by atoms with Crippen LogP contribution in [0.25, 0.3) is 11.1 Å². The third-order valence-electron chi connectivity index (χ3n) is 6.11. The van der Waals surface area contributed by atoms with E-state index in [0.717, 1.165) is 11.1 Å². The van der Waals surface area contributed by atoms with Gasteiger partial charge in [0, 0.05) is 31.3 Å². The monoisotopic (exact) mass is 438 g/mol. The van der Waals surface area contributed by atoms with E-state index in [4.69, 9.17) is 9.84 Å². The lowest BCUT2D eigenvalue weighted by atomic mass is 9.98. The minimum Gasteiger partial charge on any atom is -0.479 e. The number of hydrogen-bond acceptors (Lipinski definition) is 5. The van der Waals surface area contributed by atoms with Crippen molar-refractivity contribution in [3.05, 3.63) is 59.7 Å². The van der Waals surface area contributed by atoms with Crippen LogP contribution >= 0.6 is 0 Å². The molecular formula is C24H26N2O6. The Bertz CT molecular complexity index is 978. The Morgan fingerprint density at radius 1 is 1.00 bits per heavy atom. The lowest BCUT2D eigenvalue weighted by molar-refractivity contribution is -0.147. The van der Waals surface area contributed by atoms with Gasteiger partial charge in [-0.25, -0.2) is 9.59 Å². The number of carboxylic acid groups (broad SMARTS) is 1. The van der Waals surface area contributed by atoms with Crippen LogP contribution in [0, 0.1) is 11.8 Å². The topological polar surface area (TPSA) is 125 Å². The zero-order chi connectivity index (χ0) is 22.7. The van der Waals surface area contributed by atoms with E-state index in [-0.39, 0.29) is 43.2 Å². The first-order valence-electron chi connectivity index (χ1n) is 10.7. The average Bonchev–Trinajstić information content (AvgIpc) is 3.51. The van der Waals surface area contributed by atoms with Gasteiger partial charge >= 0.3 is 12.1 Å². The molecule has 2 aromatic carbocycles. The Kier molecular flexibility index (Phi) is 6.41. The molecule has 2 aromatic rings. The number of fused-ring (bicyclic) bond motifs is 3. The van der Waals surface area contributed by atoms with Crippen molar-refractivity contribution >= 4 is 18.0 Å². The maximum absolute atomic E-state index is 12.2. The first kappa shape index (κ1) is 21.8. The van der Waals surface area contributed by atoms with Gasteiger partial charge in [-0.05, 0) is 34.6 Å². The van der Waals surface area contributed by atoms with E-state index in [9.17, 15) is 19.5 Å². The molecule has 0 aliphatic heterocycles. The summed E-state index contributed by atoms with van der Waals surface area (Å²) in [5.74, 6) is -1.70. The Balaban J connectivity index is 1.20. The number of nitrogens with one attached hydrogen (secondary N) is 2. The molecule has 1 saturated carbocycles. The molecular weight excluding hydrogens is 412 g/mol. The average molecular weight is 438 g/mol. The third-order valence-corrected chi connectivity index (χ3v) is 6.11. The van der Waals surface area contributed by atoms with Crippen molar-refractivity contribution in [2.24, 2.45) is 11.8 Å². The standard InChI is InChI=1S/C24H26N2O6/c27-21(23(29)30)9-10-25-22(28)19-11-14(19)12-26-24(31)32-13-20-17-7-3-1-5-15(17)16-6-2-4-8-18(16)20/h1-8,14,19-21,27H,9-13H2,(H,25,28)(H,26,31)(H,29,30)/t14-,19-,21-/m0/s1. The summed E-state index contributed by atoms with van der Waals surface area (Å²) >= 11 is 0. The molecule has 168 valence electrons. The smallest absolute Gasteiger partial charge is 0.407 e. The van der Waals surface area contributed by atoms with Gasteiger partial charge in [0.15, 0.2) is 6.10 Å². The van der Waals surface area contributed by atoms with Crippen LogP contribution < -0.4 is 10.6 Å². The molecule has 32 heavy (non-hydrogen) atoms. The van der Waals surface area contributed by atoms with Crippen LogP contribution in [-0.2, 0) is 14.3 Å². The molecule has 0 bridgehead atoms. The Labute approximate surface area is 185 Å². The van der Waals surface area contributed by atoms with Crippen LogP contribution in [-0.4, -0.2) is 54.0 Å². The van der Waals surface area contributed by atoms with Crippen molar-refractivity contribution in [3.63, 3.8) is 0 Å². The van der Waals surface area contributed by atoms with Crippen LogP contribution in [0.3, 0.4) is 0 Å². The van der Waals surface area contributed by atoms with Gasteiger partial charge in [-0.1, -0.05) is 48.5 Å². The summed E-state index contributed by atoms with van der Waals surface area (Å²) < 4.78 is 5.49. The van der Waals surface area contributed by atoms with Crippen LogP contribution in [0.15, 0.2) is 48.5 Å². The molecule has 0 radical (unpaired) electrons. The second-order valence-electron chi connectivity index (χ2n) is 8.24. The number of aliphatic hydroxyl groups is 1. The van der Waals surface area contributed by atoms with E-state index in [0.29, 0.717) is 13.0 Å². The highest BCUT2D eigenvalue weighted by molar-refractivity contribution is 5.82. The first-order valence-corrected chi connectivity index (χ1v) is 10.7. The molecule has 2 aliphatic rings. The van der Waals surface area contributed by atoms with Crippen molar-refractivity contribution in [2.45, 2.75) is 24.9 Å². The van der Waals surface area contributed by atoms with Gasteiger partial charge in [-0.15, -0.1) is 0 Å². The normalized spacial score (nSPS) is 19.4. The van der Waals surface area contributed by atoms with Gasteiger partial charge < -0.3 is 25.6 Å². The second kappa shape index (κ2) is 9.40. The quantitative estimate of drug-likeness (QED) is 0.475. The molecule has 0 aromatic heterocycles. The summed E-state index contributed by atoms with van der Waals surface area (Å²) in [5, 5.41) is 23.2. The molecule has 8 heteroatoms. The number of carboxylic acids is 1. The fourth-order valence-electron chi connectivity index (χ4n) is 4.24. The minimum absolute atomic E-state index is 0.00578. The summed E-state index contributed by atoms with van der Waals surface area (Å²) in [6.45, 7) is 0.669. The Morgan fingerprint density at radius 3 is 2.25 bits per heavy atom. The van der Waals surface area contributed by atoms with Gasteiger partial charge in [0.2, 0.25) is 5.91 Å². The van der Waals surface area contributed by atoms with Crippen molar-refractivity contribution in [1.82, 2.24) is 10.6 Å². The van der Waals surface area contributed by atoms with Gasteiger partial charge in [0.1, 0.15) is 6.61 Å².